The summed E-state index contributed by atoms with van der Waals surface area (Å²) in [5.74, 6) is 0.500. The number of nitrogens with one attached hydrogen (secondary N) is 1. The summed E-state index contributed by atoms with van der Waals surface area (Å²) in [5.41, 5.74) is 1.85. The summed E-state index contributed by atoms with van der Waals surface area (Å²) in [6.45, 7) is 6.87. The molecule has 1 rings (SSSR count). The number of aryl methyl sites for hydroxylation is 1. The topological polar surface area (TPSA) is 38.3 Å². The highest BCUT2D eigenvalue weighted by atomic mass is 32.2. The van der Waals surface area contributed by atoms with Crippen molar-refractivity contribution in [2.45, 2.75) is 38.1 Å². The van der Waals surface area contributed by atoms with Gasteiger partial charge >= 0.3 is 0 Å². The lowest BCUT2D eigenvalue weighted by molar-refractivity contribution is 0.0884. The van der Waals surface area contributed by atoms with Crippen molar-refractivity contribution in [2.24, 2.45) is 5.92 Å². The quantitative estimate of drug-likeness (QED) is 0.782. The van der Waals surface area contributed by atoms with Crippen LogP contribution in [0.3, 0.4) is 0 Å². The molecule has 1 N–H and O–H groups in total. The summed E-state index contributed by atoms with van der Waals surface area (Å²) >= 11 is 1.69. The summed E-state index contributed by atoms with van der Waals surface area (Å²) in [5, 5.41) is 3.06. The molecule has 0 aromatic heterocycles. The maximum atomic E-state index is 12.3. The van der Waals surface area contributed by atoms with E-state index >= 15 is 0 Å². The van der Waals surface area contributed by atoms with Crippen molar-refractivity contribution >= 4 is 17.7 Å². The average molecular weight is 295 g/mol. The number of benzene rings is 1. The summed E-state index contributed by atoms with van der Waals surface area (Å²) < 4.78 is 5.18. The third-order valence-corrected chi connectivity index (χ3v) is 4.01. The molecule has 0 heterocycles. The largest absolute Gasteiger partial charge is 0.383 e. The first-order valence-electron chi connectivity index (χ1n) is 6.92. The lowest BCUT2D eigenvalue weighted by atomic mass is 10.0. The van der Waals surface area contributed by atoms with Crippen molar-refractivity contribution in [3.05, 3.63) is 29.3 Å². The highest BCUT2D eigenvalue weighted by Gasteiger charge is 2.15. The number of ether oxygens (including phenoxy) is 1. The van der Waals surface area contributed by atoms with Crippen LogP contribution in [0, 0.1) is 12.8 Å². The number of rotatable bonds is 7. The number of carbonyl (C=O) groups excluding carboxylic acids is 1. The van der Waals surface area contributed by atoms with E-state index in [9.17, 15) is 4.79 Å². The van der Waals surface area contributed by atoms with Crippen molar-refractivity contribution in [1.29, 1.82) is 0 Å². The Morgan fingerprint density at radius 3 is 2.60 bits per heavy atom. The molecule has 1 amide bonds. The summed E-state index contributed by atoms with van der Waals surface area (Å²) in [6, 6.07) is 5.89. The fraction of sp³-hybridized carbons (Fsp3) is 0.562. The Balaban J connectivity index is 2.75. The molecule has 0 unspecified atom stereocenters. The van der Waals surface area contributed by atoms with Crippen LogP contribution in [0.2, 0.25) is 0 Å². The Kier molecular flexibility index (Phi) is 7.10. The van der Waals surface area contributed by atoms with Crippen LogP contribution in [0.1, 0.15) is 36.2 Å². The van der Waals surface area contributed by atoms with Crippen molar-refractivity contribution < 1.29 is 9.53 Å². The van der Waals surface area contributed by atoms with E-state index in [1.807, 2.05) is 31.4 Å². The van der Waals surface area contributed by atoms with Gasteiger partial charge in [-0.15, -0.1) is 11.8 Å². The molecule has 3 nitrogen and oxygen atoms in total. The monoisotopic (exact) mass is 295 g/mol. The first-order chi connectivity index (χ1) is 9.47. The van der Waals surface area contributed by atoms with Crippen molar-refractivity contribution in [2.75, 3.05) is 20.0 Å². The molecule has 0 radical (unpaired) electrons. The lowest BCUT2D eigenvalue weighted by Crippen LogP contribution is -2.39. The van der Waals surface area contributed by atoms with Gasteiger partial charge in [-0.1, -0.05) is 13.8 Å². The van der Waals surface area contributed by atoms with Crippen LogP contribution in [0.15, 0.2) is 23.1 Å². The van der Waals surface area contributed by atoms with Gasteiger partial charge in [-0.2, -0.15) is 0 Å². The molecule has 0 aliphatic heterocycles. The van der Waals surface area contributed by atoms with Gasteiger partial charge < -0.3 is 10.1 Å². The zero-order chi connectivity index (χ0) is 15.1. The number of hydrogen-bond donors (Lipinski definition) is 1. The Morgan fingerprint density at radius 2 is 2.10 bits per heavy atom. The van der Waals surface area contributed by atoms with E-state index in [1.165, 1.54) is 4.90 Å². The van der Waals surface area contributed by atoms with Crippen LogP contribution in [0.25, 0.3) is 0 Å². The maximum absolute atomic E-state index is 12.3. The molecule has 1 atom stereocenters. The van der Waals surface area contributed by atoms with Gasteiger partial charge in [0, 0.05) is 17.6 Å². The van der Waals surface area contributed by atoms with Gasteiger partial charge in [-0.05, 0) is 49.3 Å². The molecule has 0 aliphatic rings. The first kappa shape index (κ1) is 17.1. The van der Waals surface area contributed by atoms with Crippen LogP contribution >= 0.6 is 11.8 Å². The fourth-order valence-corrected chi connectivity index (χ4v) is 2.81. The Labute approximate surface area is 126 Å². The van der Waals surface area contributed by atoms with E-state index in [0.29, 0.717) is 18.1 Å². The van der Waals surface area contributed by atoms with Crippen LogP contribution < -0.4 is 5.32 Å². The fourth-order valence-electron chi connectivity index (χ4n) is 2.23. The van der Waals surface area contributed by atoms with E-state index in [2.05, 4.69) is 19.2 Å². The minimum absolute atomic E-state index is 0.0246. The molecule has 0 spiro atoms. The Morgan fingerprint density at radius 1 is 1.40 bits per heavy atom. The predicted molar refractivity (Wildman–Crippen MR) is 85.5 cm³/mol. The van der Waals surface area contributed by atoms with Gasteiger partial charge in [0.2, 0.25) is 0 Å². The van der Waals surface area contributed by atoms with Gasteiger partial charge in [0.15, 0.2) is 0 Å². The molecule has 0 aliphatic carbocycles. The second-order valence-electron chi connectivity index (χ2n) is 5.44. The van der Waals surface area contributed by atoms with Crippen molar-refractivity contribution in [3.63, 3.8) is 0 Å². The molecule has 112 valence electrons. The maximum Gasteiger partial charge on any atom is 0.251 e. The minimum Gasteiger partial charge on any atom is -0.383 e. The number of thioether (sulfide) groups is 1. The predicted octanol–water partition coefficient (Wildman–Crippen LogP) is 3.51. The van der Waals surface area contributed by atoms with E-state index in [-0.39, 0.29) is 11.9 Å². The number of amides is 1. The molecule has 0 saturated carbocycles. The molecule has 4 heteroatoms. The second-order valence-corrected chi connectivity index (χ2v) is 6.29. The lowest BCUT2D eigenvalue weighted by Gasteiger charge is -2.20. The molecular weight excluding hydrogens is 270 g/mol. The highest BCUT2D eigenvalue weighted by molar-refractivity contribution is 7.98. The van der Waals surface area contributed by atoms with Crippen LogP contribution in [-0.2, 0) is 4.74 Å². The zero-order valence-electron chi connectivity index (χ0n) is 13.0. The van der Waals surface area contributed by atoms with Gasteiger partial charge in [0.25, 0.3) is 5.91 Å². The summed E-state index contributed by atoms with van der Waals surface area (Å²) in [6.07, 6.45) is 2.96. The summed E-state index contributed by atoms with van der Waals surface area (Å²) in [4.78, 5) is 13.5. The first-order valence-corrected chi connectivity index (χ1v) is 8.14. The van der Waals surface area contributed by atoms with Gasteiger partial charge in [-0.3, -0.25) is 4.79 Å². The van der Waals surface area contributed by atoms with Gasteiger partial charge in [0.1, 0.15) is 0 Å². The number of carbonyl (C=O) groups is 1. The molecule has 20 heavy (non-hydrogen) atoms. The third-order valence-electron chi connectivity index (χ3n) is 3.12. The van der Waals surface area contributed by atoms with E-state index in [0.717, 1.165) is 12.0 Å². The molecule has 0 bridgehead atoms. The second kappa shape index (κ2) is 8.32. The standard InChI is InChI=1S/C16H25NO2S/c1-11(2)8-14(10-19-4)17-16(18)13-6-7-15(20-5)12(3)9-13/h6-7,9,11,14H,8,10H2,1-5H3,(H,17,18)/t14-/m1/s1. The van der Waals surface area contributed by atoms with Gasteiger partial charge in [-0.25, -0.2) is 0 Å². The van der Waals surface area contributed by atoms with E-state index < -0.39 is 0 Å². The molecule has 1 aromatic carbocycles. The SMILES string of the molecule is COC[C@@H](CC(C)C)NC(=O)c1ccc(SC)c(C)c1. The minimum atomic E-state index is -0.0246. The van der Waals surface area contributed by atoms with Crippen LogP contribution in [0.5, 0.6) is 0 Å². The third kappa shape index (κ3) is 5.17. The Hall–Kier alpha value is -1.00. The van der Waals surface area contributed by atoms with E-state index in [4.69, 9.17) is 4.74 Å². The zero-order valence-corrected chi connectivity index (χ0v) is 13.8. The van der Waals surface area contributed by atoms with Crippen LogP contribution in [-0.4, -0.2) is 31.9 Å². The number of hydrogen-bond acceptors (Lipinski definition) is 3. The van der Waals surface area contributed by atoms with Gasteiger partial charge in [0.05, 0.1) is 12.6 Å². The molecule has 0 saturated heterocycles. The van der Waals surface area contributed by atoms with Crippen molar-refractivity contribution in [3.8, 4) is 0 Å². The number of methoxy groups -OCH3 is 1. The molecular formula is C16H25NO2S. The summed E-state index contributed by atoms with van der Waals surface area (Å²) in [7, 11) is 1.66. The van der Waals surface area contributed by atoms with E-state index in [1.54, 1.807) is 18.9 Å². The van der Waals surface area contributed by atoms with Crippen LogP contribution in [0.4, 0.5) is 0 Å². The average Bonchev–Trinajstić information content (AvgIpc) is 2.38. The normalized spacial score (nSPS) is 12.5. The Bertz CT molecular complexity index is 446. The smallest absolute Gasteiger partial charge is 0.251 e. The molecule has 1 aromatic rings. The molecule has 0 fully saturated rings. The highest BCUT2D eigenvalue weighted by Crippen LogP contribution is 2.20. The van der Waals surface area contributed by atoms with Crippen molar-refractivity contribution in [1.82, 2.24) is 5.32 Å².